The number of benzene rings is 3. The number of amides is 1. The molecule has 0 aliphatic heterocycles. The summed E-state index contributed by atoms with van der Waals surface area (Å²) in [5.74, 6) is -0.167. The molecular formula is C26H19N3OS. The van der Waals surface area contributed by atoms with E-state index in [0.29, 0.717) is 10.6 Å². The molecular weight excluding hydrogens is 402 g/mol. The van der Waals surface area contributed by atoms with Gasteiger partial charge in [-0.1, -0.05) is 66.7 Å². The van der Waals surface area contributed by atoms with Crippen molar-refractivity contribution >= 4 is 44.5 Å². The number of hydrogen-bond donors (Lipinski definition) is 1. The first kappa shape index (κ1) is 19.0. The molecule has 0 bridgehead atoms. The Morgan fingerprint density at radius 2 is 1.29 bits per heavy atom. The summed E-state index contributed by atoms with van der Waals surface area (Å²) in [5, 5.41) is 0.800. The van der Waals surface area contributed by atoms with Crippen molar-refractivity contribution in [3.8, 4) is 11.3 Å². The van der Waals surface area contributed by atoms with Crippen LogP contribution in [0, 0.1) is 0 Å². The number of rotatable bonds is 4. The van der Waals surface area contributed by atoms with E-state index in [9.17, 15) is 4.79 Å². The van der Waals surface area contributed by atoms with E-state index < -0.39 is 0 Å². The van der Waals surface area contributed by atoms with Gasteiger partial charge in [0.25, 0.3) is 5.91 Å². The molecule has 1 amide bonds. The number of nitrogens with two attached hydrogens (primary N) is 1. The molecule has 0 fully saturated rings. The number of nitrogen functional groups attached to an aromatic ring is 1. The van der Waals surface area contributed by atoms with Gasteiger partial charge >= 0.3 is 0 Å². The number of carbonyl (C=O) groups excluding carboxylic acids is 1. The van der Waals surface area contributed by atoms with Gasteiger partial charge in [0.05, 0.1) is 11.4 Å². The highest BCUT2D eigenvalue weighted by atomic mass is 32.1. The van der Waals surface area contributed by atoms with Gasteiger partial charge in [-0.25, -0.2) is 4.98 Å². The Bertz CT molecular complexity index is 1310. The van der Waals surface area contributed by atoms with Crippen molar-refractivity contribution in [2.24, 2.45) is 0 Å². The van der Waals surface area contributed by atoms with E-state index >= 15 is 0 Å². The molecule has 2 aromatic heterocycles. The van der Waals surface area contributed by atoms with Crippen molar-refractivity contribution < 1.29 is 4.79 Å². The number of carbonyl (C=O) groups is 1. The van der Waals surface area contributed by atoms with E-state index in [2.05, 4.69) is 0 Å². The lowest BCUT2D eigenvalue weighted by Gasteiger charge is -2.22. The van der Waals surface area contributed by atoms with E-state index in [-0.39, 0.29) is 5.91 Å². The lowest BCUT2D eigenvalue weighted by Crippen LogP contribution is -2.25. The number of thiophene rings is 1. The third-order valence-electron chi connectivity index (χ3n) is 5.09. The van der Waals surface area contributed by atoms with Gasteiger partial charge in [0.2, 0.25) is 0 Å². The maximum atomic E-state index is 13.7. The Morgan fingerprint density at radius 1 is 0.742 bits per heavy atom. The zero-order chi connectivity index (χ0) is 21.2. The quantitative estimate of drug-likeness (QED) is 0.359. The number of para-hydroxylation sites is 2. The van der Waals surface area contributed by atoms with Gasteiger partial charge in [0, 0.05) is 22.3 Å². The highest BCUT2D eigenvalue weighted by molar-refractivity contribution is 7.21. The van der Waals surface area contributed by atoms with Gasteiger partial charge in [-0.3, -0.25) is 9.69 Å². The molecule has 0 spiro atoms. The van der Waals surface area contributed by atoms with E-state index in [4.69, 9.17) is 10.7 Å². The van der Waals surface area contributed by atoms with Crippen LogP contribution < -0.4 is 10.6 Å². The Balaban J connectivity index is 1.61. The Labute approximate surface area is 184 Å². The number of fused-ring (bicyclic) bond motifs is 1. The van der Waals surface area contributed by atoms with Gasteiger partial charge in [0.1, 0.15) is 9.71 Å². The predicted octanol–water partition coefficient (Wildman–Crippen LogP) is 6.52. The molecule has 5 rings (SSSR count). The van der Waals surface area contributed by atoms with Crippen LogP contribution >= 0.6 is 11.3 Å². The van der Waals surface area contributed by atoms with Crippen LogP contribution in [-0.2, 0) is 0 Å². The van der Waals surface area contributed by atoms with Crippen LogP contribution in [0.5, 0.6) is 0 Å². The predicted molar refractivity (Wildman–Crippen MR) is 129 cm³/mol. The fourth-order valence-corrected chi connectivity index (χ4v) is 4.59. The van der Waals surface area contributed by atoms with E-state index in [1.165, 1.54) is 11.3 Å². The second-order valence-corrected chi connectivity index (χ2v) is 8.07. The smallest absolute Gasteiger partial charge is 0.275 e. The Hall–Kier alpha value is -3.96. The van der Waals surface area contributed by atoms with Gasteiger partial charge in [-0.2, -0.15) is 0 Å². The van der Waals surface area contributed by atoms with Gasteiger partial charge in [-0.05, 0) is 36.4 Å². The average molecular weight is 422 g/mol. The molecule has 31 heavy (non-hydrogen) atoms. The highest BCUT2D eigenvalue weighted by Gasteiger charge is 2.25. The molecule has 3 aromatic carbocycles. The van der Waals surface area contributed by atoms with Crippen molar-refractivity contribution in [3.05, 3.63) is 108 Å². The lowest BCUT2D eigenvalue weighted by atomic mass is 10.1. The first-order valence-corrected chi connectivity index (χ1v) is 10.7. The third-order valence-corrected chi connectivity index (χ3v) is 6.19. The SMILES string of the molecule is Nc1c(C(=O)N(c2ccccc2)c2ccccc2)sc2nc(-c3ccccc3)ccc12. The van der Waals surface area contributed by atoms with Gasteiger partial charge < -0.3 is 5.73 Å². The molecule has 150 valence electrons. The second-order valence-electron chi connectivity index (χ2n) is 7.07. The Kier molecular flexibility index (Phi) is 4.94. The summed E-state index contributed by atoms with van der Waals surface area (Å²) in [4.78, 5) is 21.4. The monoisotopic (exact) mass is 421 g/mol. The van der Waals surface area contributed by atoms with Gasteiger partial charge in [0.15, 0.2) is 0 Å². The molecule has 2 N–H and O–H groups in total. The average Bonchev–Trinajstić information content (AvgIpc) is 3.17. The lowest BCUT2D eigenvalue weighted by molar-refractivity contribution is 0.100. The van der Waals surface area contributed by atoms with Crippen LogP contribution in [0.15, 0.2) is 103 Å². The zero-order valence-corrected chi connectivity index (χ0v) is 17.4. The van der Waals surface area contributed by atoms with Crippen LogP contribution in [0.3, 0.4) is 0 Å². The van der Waals surface area contributed by atoms with E-state index in [1.807, 2.05) is 103 Å². The highest BCUT2D eigenvalue weighted by Crippen LogP contribution is 2.37. The van der Waals surface area contributed by atoms with Crippen LogP contribution in [0.1, 0.15) is 9.67 Å². The molecule has 0 aliphatic rings. The minimum atomic E-state index is -0.167. The Morgan fingerprint density at radius 3 is 1.87 bits per heavy atom. The first-order chi connectivity index (χ1) is 15.2. The summed E-state index contributed by atoms with van der Waals surface area (Å²) in [7, 11) is 0. The summed E-state index contributed by atoms with van der Waals surface area (Å²) in [5.41, 5.74) is 10.4. The zero-order valence-electron chi connectivity index (χ0n) is 16.6. The maximum absolute atomic E-state index is 13.7. The summed E-state index contributed by atoms with van der Waals surface area (Å²) in [6.45, 7) is 0. The summed E-state index contributed by atoms with van der Waals surface area (Å²) >= 11 is 1.33. The van der Waals surface area contributed by atoms with Crippen molar-refractivity contribution in [1.82, 2.24) is 4.98 Å². The van der Waals surface area contributed by atoms with Crippen molar-refractivity contribution in [2.45, 2.75) is 0 Å². The molecule has 0 saturated carbocycles. The number of anilines is 3. The van der Waals surface area contributed by atoms with Crippen LogP contribution in [0.2, 0.25) is 0 Å². The van der Waals surface area contributed by atoms with Crippen molar-refractivity contribution in [1.29, 1.82) is 0 Å². The molecule has 5 heteroatoms. The fraction of sp³-hybridized carbons (Fsp3) is 0. The molecule has 0 unspecified atom stereocenters. The molecule has 0 atom stereocenters. The van der Waals surface area contributed by atoms with E-state index in [0.717, 1.165) is 32.8 Å². The number of pyridine rings is 1. The first-order valence-electron chi connectivity index (χ1n) is 9.91. The molecule has 0 aliphatic carbocycles. The van der Waals surface area contributed by atoms with Gasteiger partial charge in [-0.15, -0.1) is 11.3 Å². The molecule has 4 nitrogen and oxygen atoms in total. The second kappa shape index (κ2) is 8.05. The van der Waals surface area contributed by atoms with Crippen molar-refractivity contribution in [2.75, 3.05) is 10.6 Å². The van der Waals surface area contributed by atoms with Crippen LogP contribution in [-0.4, -0.2) is 10.9 Å². The minimum absolute atomic E-state index is 0.167. The topological polar surface area (TPSA) is 59.2 Å². The molecule has 2 heterocycles. The van der Waals surface area contributed by atoms with Crippen LogP contribution in [0.25, 0.3) is 21.5 Å². The molecule has 0 saturated heterocycles. The number of aromatic nitrogens is 1. The normalized spacial score (nSPS) is 10.8. The standard InChI is InChI=1S/C26H19N3OS/c27-23-21-16-17-22(18-10-4-1-5-11-18)28-25(21)31-24(23)26(30)29(19-12-6-2-7-13-19)20-14-8-3-9-15-20/h1-17H,27H2. The van der Waals surface area contributed by atoms with Crippen LogP contribution in [0.4, 0.5) is 17.1 Å². The minimum Gasteiger partial charge on any atom is -0.397 e. The molecule has 0 radical (unpaired) electrons. The largest absolute Gasteiger partial charge is 0.397 e. The number of nitrogens with zero attached hydrogens (tertiary/aromatic N) is 2. The van der Waals surface area contributed by atoms with Crippen molar-refractivity contribution in [3.63, 3.8) is 0 Å². The summed E-state index contributed by atoms with van der Waals surface area (Å²) in [6, 6.07) is 33.1. The summed E-state index contributed by atoms with van der Waals surface area (Å²) in [6.07, 6.45) is 0. The number of hydrogen-bond acceptors (Lipinski definition) is 4. The summed E-state index contributed by atoms with van der Waals surface area (Å²) < 4.78 is 0. The maximum Gasteiger partial charge on any atom is 0.275 e. The third kappa shape index (κ3) is 3.56. The van der Waals surface area contributed by atoms with E-state index in [1.54, 1.807) is 4.90 Å². The molecule has 5 aromatic rings. The fourth-order valence-electron chi connectivity index (χ4n) is 3.57.